The highest BCUT2D eigenvalue weighted by Gasteiger charge is 2.21. The van der Waals surface area contributed by atoms with Crippen LogP contribution in [0.5, 0.6) is 5.75 Å². The Morgan fingerprint density at radius 3 is 2.43 bits per heavy atom. The van der Waals surface area contributed by atoms with Crippen molar-refractivity contribution in [2.24, 2.45) is 0 Å². The summed E-state index contributed by atoms with van der Waals surface area (Å²) in [6.45, 7) is 1.48. The molecular weight excluding hydrogens is 316 g/mol. The van der Waals surface area contributed by atoms with E-state index in [1.54, 1.807) is 42.5 Å². The number of sulfonamides is 1. The molecule has 0 aliphatic rings. The highest BCUT2D eigenvalue weighted by atomic mass is 32.2. The molecule has 2 rings (SSSR count). The number of rotatable bonds is 6. The van der Waals surface area contributed by atoms with Crippen LogP contribution in [-0.4, -0.2) is 27.5 Å². The number of nitrogens with one attached hydrogen (secondary N) is 2. The maximum Gasteiger partial charge on any atom is 0.242 e. The Kier molecular flexibility index (Phi) is 5.36. The standard InChI is InChI=1S/C16H18N2O4S/c1-12(18-23(20,21)15-9-4-3-5-10-15)16(19)17-13-7-6-8-14(11-13)22-2/h3-12,18H,1-2H3,(H,17,19). The van der Waals surface area contributed by atoms with Gasteiger partial charge < -0.3 is 10.1 Å². The summed E-state index contributed by atoms with van der Waals surface area (Å²) in [5.41, 5.74) is 0.528. The lowest BCUT2D eigenvalue weighted by Crippen LogP contribution is -2.41. The second-order valence-electron chi connectivity index (χ2n) is 4.88. The lowest BCUT2D eigenvalue weighted by Gasteiger charge is -2.15. The van der Waals surface area contributed by atoms with Crippen LogP contribution in [0.15, 0.2) is 59.5 Å². The Hall–Kier alpha value is -2.38. The number of anilines is 1. The minimum Gasteiger partial charge on any atom is -0.497 e. The number of carbonyl (C=O) groups is 1. The van der Waals surface area contributed by atoms with E-state index in [2.05, 4.69) is 10.0 Å². The average molecular weight is 334 g/mol. The van der Waals surface area contributed by atoms with Gasteiger partial charge >= 0.3 is 0 Å². The molecule has 0 fully saturated rings. The third kappa shape index (κ3) is 4.54. The first-order chi connectivity index (χ1) is 10.9. The average Bonchev–Trinajstić information content (AvgIpc) is 2.55. The van der Waals surface area contributed by atoms with E-state index in [0.717, 1.165) is 0 Å². The van der Waals surface area contributed by atoms with Crippen molar-refractivity contribution in [1.82, 2.24) is 4.72 Å². The summed E-state index contributed by atoms with van der Waals surface area (Å²) >= 11 is 0. The van der Waals surface area contributed by atoms with Gasteiger partial charge in [0.05, 0.1) is 18.0 Å². The van der Waals surface area contributed by atoms with Crippen LogP contribution in [0.25, 0.3) is 0 Å². The third-order valence-corrected chi connectivity index (χ3v) is 4.67. The van der Waals surface area contributed by atoms with Gasteiger partial charge in [0.15, 0.2) is 0 Å². The highest BCUT2D eigenvalue weighted by molar-refractivity contribution is 7.89. The van der Waals surface area contributed by atoms with E-state index in [4.69, 9.17) is 4.74 Å². The zero-order valence-corrected chi connectivity index (χ0v) is 13.6. The van der Waals surface area contributed by atoms with E-state index in [1.165, 1.54) is 26.2 Å². The van der Waals surface area contributed by atoms with Gasteiger partial charge in [0, 0.05) is 11.8 Å². The first-order valence-corrected chi connectivity index (χ1v) is 8.43. The number of benzene rings is 2. The molecule has 0 heterocycles. The molecule has 0 radical (unpaired) electrons. The van der Waals surface area contributed by atoms with E-state index >= 15 is 0 Å². The predicted molar refractivity (Wildman–Crippen MR) is 87.8 cm³/mol. The van der Waals surface area contributed by atoms with Gasteiger partial charge in [-0.3, -0.25) is 4.79 Å². The second-order valence-corrected chi connectivity index (χ2v) is 6.59. The van der Waals surface area contributed by atoms with Crippen LogP contribution >= 0.6 is 0 Å². The molecular formula is C16H18N2O4S. The van der Waals surface area contributed by atoms with E-state index in [-0.39, 0.29) is 4.90 Å². The van der Waals surface area contributed by atoms with Crippen LogP contribution < -0.4 is 14.8 Å². The summed E-state index contributed by atoms with van der Waals surface area (Å²) in [4.78, 5) is 12.3. The minimum atomic E-state index is -3.75. The van der Waals surface area contributed by atoms with Gasteiger partial charge in [-0.1, -0.05) is 24.3 Å². The Balaban J connectivity index is 2.05. The van der Waals surface area contributed by atoms with E-state index in [1.807, 2.05) is 0 Å². The Bertz CT molecular complexity index is 776. The van der Waals surface area contributed by atoms with Crippen molar-refractivity contribution >= 4 is 21.6 Å². The molecule has 0 aromatic heterocycles. The molecule has 0 saturated carbocycles. The number of ether oxygens (including phenoxy) is 1. The fourth-order valence-corrected chi connectivity index (χ4v) is 3.13. The number of carbonyl (C=O) groups excluding carboxylic acids is 1. The van der Waals surface area contributed by atoms with Crippen molar-refractivity contribution in [2.45, 2.75) is 17.9 Å². The zero-order chi connectivity index (χ0) is 16.9. The second kappa shape index (κ2) is 7.26. The van der Waals surface area contributed by atoms with Crippen LogP contribution in [0.3, 0.4) is 0 Å². The summed E-state index contributed by atoms with van der Waals surface area (Å²) in [5, 5.41) is 2.64. The maximum atomic E-state index is 12.2. The largest absolute Gasteiger partial charge is 0.497 e. The molecule has 0 aliphatic carbocycles. The van der Waals surface area contributed by atoms with Gasteiger partial charge in [-0.15, -0.1) is 0 Å². The van der Waals surface area contributed by atoms with E-state index in [9.17, 15) is 13.2 Å². The highest BCUT2D eigenvalue weighted by Crippen LogP contribution is 2.17. The van der Waals surface area contributed by atoms with Crippen molar-refractivity contribution in [3.05, 3.63) is 54.6 Å². The molecule has 1 amide bonds. The molecule has 122 valence electrons. The van der Waals surface area contributed by atoms with Gasteiger partial charge in [0.25, 0.3) is 0 Å². The topological polar surface area (TPSA) is 84.5 Å². The fourth-order valence-electron chi connectivity index (χ4n) is 1.91. The Morgan fingerprint density at radius 2 is 1.78 bits per heavy atom. The molecule has 0 bridgehead atoms. The summed E-state index contributed by atoms with van der Waals surface area (Å²) in [7, 11) is -2.22. The predicted octanol–water partition coefficient (Wildman–Crippen LogP) is 2.00. The quantitative estimate of drug-likeness (QED) is 0.846. The normalized spacial score (nSPS) is 12.4. The Labute approximate surface area is 135 Å². The smallest absolute Gasteiger partial charge is 0.242 e. The van der Waals surface area contributed by atoms with Gasteiger partial charge in [-0.2, -0.15) is 4.72 Å². The van der Waals surface area contributed by atoms with Gasteiger partial charge in [-0.05, 0) is 31.2 Å². The molecule has 7 heteroatoms. The molecule has 2 aromatic rings. The fraction of sp³-hybridized carbons (Fsp3) is 0.188. The molecule has 2 aromatic carbocycles. The third-order valence-electron chi connectivity index (χ3n) is 3.12. The summed E-state index contributed by atoms with van der Waals surface area (Å²) in [5.74, 6) is 0.137. The van der Waals surface area contributed by atoms with E-state index in [0.29, 0.717) is 11.4 Å². The molecule has 1 atom stereocenters. The van der Waals surface area contributed by atoms with E-state index < -0.39 is 22.0 Å². The first kappa shape index (κ1) is 17.0. The van der Waals surface area contributed by atoms with Crippen molar-refractivity contribution < 1.29 is 17.9 Å². The summed E-state index contributed by atoms with van der Waals surface area (Å²) in [6, 6.07) is 13.8. The lowest BCUT2D eigenvalue weighted by atomic mass is 10.2. The number of hydrogen-bond donors (Lipinski definition) is 2. The van der Waals surface area contributed by atoms with Crippen molar-refractivity contribution in [1.29, 1.82) is 0 Å². The molecule has 6 nitrogen and oxygen atoms in total. The monoisotopic (exact) mass is 334 g/mol. The summed E-state index contributed by atoms with van der Waals surface area (Å²) < 4.78 is 31.8. The van der Waals surface area contributed by atoms with Crippen LogP contribution in [0.2, 0.25) is 0 Å². The molecule has 0 saturated heterocycles. The SMILES string of the molecule is COc1cccc(NC(=O)C(C)NS(=O)(=O)c2ccccc2)c1. The van der Waals surface area contributed by atoms with Gasteiger partial charge in [0.1, 0.15) is 5.75 Å². The van der Waals surface area contributed by atoms with Crippen LogP contribution in [0.4, 0.5) is 5.69 Å². The molecule has 2 N–H and O–H groups in total. The Morgan fingerprint density at radius 1 is 1.09 bits per heavy atom. The van der Waals surface area contributed by atoms with Crippen LogP contribution in [0.1, 0.15) is 6.92 Å². The maximum absolute atomic E-state index is 12.2. The number of methoxy groups -OCH3 is 1. The van der Waals surface area contributed by atoms with Crippen molar-refractivity contribution in [3.8, 4) is 5.75 Å². The van der Waals surface area contributed by atoms with Crippen LogP contribution in [0, 0.1) is 0 Å². The van der Waals surface area contributed by atoms with Crippen LogP contribution in [-0.2, 0) is 14.8 Å². The zero-order valence-electron chi connectivity index (χ0n) is 12.8. The minimum absolute atomic E-state index is 0.112. The number of hydrogen-bond acceptors (Lipinski definition) is 4. The molecule has 23 heavy (non-hydrogen) atoms. The lowest BCUT2D eigenvalue weighted by molar-refractivity contribution is -0.117. The van der Waals surface area contributed by atoms with Gasteiger partial charge in [-0.25, -0.2) is 8.42 Å². The van der Waals surface area contributed by atoms with Crippen molar-refractivity contribution in [3.63, 3.8) is 0 Å². The molecule has 1 unspecified atom stereocenters. The van der Waals surface area contributed by atoms with Gasteiger partial charge in [0.2, 0.25) is 15.9 Å². The first-order valence-electron chi connectivity index (χ1n) is 6.94. The van der Waals surface area contributed by atoms with Crippen molar-refractivity contribution in [2.75, 3.05) is 12.4 Å². The molecule has 0 aliphatic heterocycles. The summed E-state index contributed by atoms with van der Waals surface area (Å²) in [6.07, 6.45) is 0. The number of amides is 1. The molecule has 0 spiro atoms.